The van der Waals surface area contributed by atoms with Crippen molar-refractivity contribution in [2.24, 2.45) is 5.73 Å². The molecule has 122 valence electrons. The highest BCUT2D eigenvalue weighted by Crippen LogP contribution is 2.36. The second-order valence-corrected chi connectivity index (χ2v) is 5.86. The van der Waals surface area contributed by atoms with Crippen molar-refractivity contribution < 1.29 is 4.74 Å². The summed E-state index contributed by atoms with van der Waals surface area (Å²) in [5.74, 6) is 1.55. The van der Waals surface area contributed by atoms with Gasteiger partial charge in [0.15, 0.2) is 0 Å². The van der Waals surface area contributed by atoms with Gasteiger partial charge in [0.2, 0.25) is 5.95 Å². The van der Waals surface area contributed by atoms with Crippen LogP contribution in [-0.2, 0) is 0 Å². The van der Waals surface area contributed by atoms with Crippen LogP contribution in [0.2, 0.25) is 0 Å². The Morgan fingerprint density at radius 2 is 1.79 bits per heavy atom. The summed E-state index contributed by atoms with van der Waals surface area (Å²) in [5, 5.41) is 7.77. The van der Waals surface area contributed by atoms with E-state index in [9.17, 15) is 0 Å². The number of nitrogens with one attached hydrogen (secondary N) is 1. The van der Waals surface area contributed by atoms with Gasteiger partial charge < -0.3 is 15.8 Å². The lowest BCUT2D eigenvalue weighted by molar-refractivity contribution is 0.370. The average molecular weight is 321 g/mol. The number of nitrogens with zero attached hydrogens (tertiary/aromatic N) is 3. The van der Waals surface area contributed by atoms with E-state index in [1.54, 1.807) is 13.4 Å². The molecule has 0 saturated heterocycles. The van der Waals surface area contributed by atoms with Crippen LogP contribution in [-0.4, -0.2) is 27.9 Å². The molecule has 0 spiro atoms. The molecule has 6 heteroatoms. The first kappa shape index (κ1) is 14.7. The van der Waals surface area contributed by atoms with Gasteiger partial charge in [-0.1, -0.05) is 42.5 Å². The summed E-state index contributed by atoms with van der Waals surface area (Å²) >= 11 is 0. The second kappa shape index (κ2) is 5.98. The molecular formula is C18H19N5O. The molecule has 6 nitrogen and oxygen atoms in total. The molecule has 0 unspecified atom stereocenters. The van der Waals surface area contributed by atoms with Gasteiger partial charge in [0.25, 0.3) is 0 Å². The predicted molar refractivity (Wildman–Crippen MR) is 91.9 cm³/mol. The Bertz CT molecular complexity index is 815. The normalized spacial score (nSPS) is 22.5. The van der Waals surface area contributed by atoms with Crippen LogP contribution in [0.3, 0.4) is 0 Å². The number of benzene rings is 2. The molecule has 0 aliphatic carbocycles. The van der Waals surface area contributed by atoms with Crippen LogP contribution in [0.5, 0.6) is 5.75 Å². The van der Waals surface area contributed by atoms with Crippen LogP contribution in [0.4, 0.5) is 5.95 Å². The van der Waals surface area contributed by atoms with Gasteiger partial charge >= 0.3 is 0 Å². The van der Waals surface area contributed by atoms with Crippen molar-refractivity contribution in [3.63, 3.8) is 0 Å². The third kappa shape index (κ3) is 2.41. The SMILES string of the molecule is COc1ccc([C@H]2[C@H](N)[C@@H](c3ccccc3)Nc3ncnn32)cc1. The minimum Gasteiger partial charge on any atom is -0.497 e. The summed E-state index contributed by atoms with van der Waals surface area (Å²) in [7, 11) is 1.66. The molecular weight excluding hydrogens is 302 g/mol. The van der Waals surface area contributed by atoms with E-state index in [2.05, 4.69) is 27.5 Å². The number of nitrogens with two attached hydrogens (primary N) is 1. The number of ether oxygens (including phenoxy) is 1. The van der Waals surface area contributed by atoms with E-state index in [0.717, 1.165) is 22.8 Å². The smallest absolute Gasteiger partial charge is 0.222 e. The third-order valence-electron chi connectivity index (χ3n) is 4.49. The Labute approximate surface area is 140 Å². The van der Waals surface area contributed by atoms with Gasteiger partial charge in [-0.25, -0.2) is 4.68 Å². The van der Waals surface area contributed by atoms with E-state index in [1.807, 2.05) is 47.1 Å². The van der Waals surface area contributed by atoms with Gasteiger partial charge in [-0.3, -0.25) is 0 Å². The predicted octanol–water partition coefficient (Wildman–Crippen LogP) is 2.37. The molecule has 3 N–H and O–H groups in total. The molecule has 3 atom stereocenters. The summed E-state index contributed by atoms with van der Waals surface area (Å²) in [4.78, 5) is 4.34. The molecule has 4 rings (SSSR count). The van der Waals surface area contributed by atoms with E-state index in [4.69, 9.17) is 10.5 Å². The third-order valence-corrected chi connectivity index (χ3v) is 4.49. The maximum atomic E-state index is 6.65. The Morgan fingerprint density at radius 1 is 1.04 bits per heavy atom. The fraction of sp³-hybridized carbons (Fsp3) is 0.222. The number of aromatic nitrogens is 3. The molecule has 2 aromatic carbocycles. The summed E-state index contributed by atoms with van der Waals surface area (Å²) in [6.45, 7) is 0. The van der Waals surface area contributed by atoms with Gasteiger partial charge in [0, 0.05) is 0 Å². The van der Waals surface area contributed by atoms with Crippen molar-refractivity contribution in [1.29, 1.82) is 0 Å². The van der Waals surface area contributed by atoms with Crippen LogP contribution >= 0.6 is 0 Å². The van der Waals surface area contributed by atoms with Gasteiger partial charge in [-0.15, -0.1) is 0 Å². The topological polar surface area (TPSA) is 78.0 Å². The van der Waals surface area contributed by atoms with Crippen molar-refractivity contribution >= 4 is 5.95 Å². The van der Waals surface area contributed by atoms with E-state index in [-0.39, 0.29) is 18.1 Å². The van der Waals surface area contributed by atoms with Crippen LogP contribution in [0, 0.1) is 0 Å². The van der Waals surface area contributed by atoms with Crippen molar-refractivity contribution in [2.75, 3.05) is 12.4 Å². The molecule has 24 heavy (non-hydrogen) atoms. The Hall–Kier alpha value is -2.86. The largest absolute Gasteiger partial charge is 0.497 e. The zero-order chi connectivity index (χ0) is 16.5. The summed E-state index contributed by atoms with van der Waals surface area (Å²) in [6.07, 6.45) is 1.55. The number of methoxy groups -OCH3 is 1. The maximum Gasteiger partial charge on any atom is 0.222 e. The van der Waals surface area contributed by atoms with Crippen molar-refractivity contribution in [2.45, 2.75) is 18.1 Å². The fourth-order valence-electron chi connectivity index (χ4n) is 3.27. The molecule has 0 bridgehead atoms. The lowest BCUT2D eigenvalue weighted by atomic mass is 9.89. The Morgan fingerprint density at radius 3 is 2.50 bits per heavy atom. The molecule has 0 amide bonds. The maximum absolute atomic E-state index is 6.65. The standard InChI is InChI=1S/C18H19N5O/c1-24-14-9-7-13(8-10-14)17-15(19)16(12-5-3-2-4-6-12)22-18-20-11-21-23(17)18/h2-11,15-17H,19H2,1H3,(H,20,21,22)/t15-,16-,17+/m1/s1. The van der Waals surface area contributed by atoms with Crippen LogP contribution in [0.1, 0.15) is 23.2 Å². The van der Waals surface area contributed by atoms with E-state index < -0.39 is 0 Å². The number of hydrogen-bond acceptors (Lipinski definition) is 5. The minimum absolute atomic E-state index is 0.0324. The zero-order valence-corrected chi connectivity index (χ0v) is 13.3. The first-order chi connectivity index (χ1) is 11.8. The van der Waals surface area contributed by atoms with E-state index in [0.29, 0.717) is 0 Å². The van der Waals surface area contributed by atoms with Gasteiger partial charge in [0.1, 0.15) is 12.1 Å². The van der Waals surface area contributed by atoms with Crippen molar-refractivity contribution in [3.05, 3.63) is 72.1 Å². The number of fused-ring (bicyclic) bond motifs is 1. The van der Waals surface area contributed by atoms with Gasteiger partial charge in [0.05, 0.1) is 25.2 Å². The van der Waals surface area contributed by atoms with Crippen molar-refractivity contribution in [3.8, 4) is 5.75 Å². The van der Waals surface area contributed by atoms with Gasteiger partial charge in [-0.2, -0.15) is 10.1 Å². The van der Waals surface area contributed by atoms with Gasteiger partial charge in [-0.05, 0) is 23.3 Å². The molecule has 2 heterocycles. The highest BCUT2D eigenvalue weighted by Gasteiger charge is 2.37. The molecule has 0 saturated carbocycles. The first-order valence-electron chi connectivity index (χ1n) is 7.88. The quantitative estimate of drug-likeness (QED) is 0.774. The first-order valence-corrected chi connectivity index (χ1v) is 7.88. The van der Waals surface area contributed by atoms with Crippen LogP contribution in [0.15, 0.2) is 60.9 Å². The Kier molecular flexibility index (Phi) is 3.66. The van der Waals surface area contributed by atoms with E-state index in [1.165, 1.54) is 0 Å². The average Bonchev–Trinajstić information content (AvgIpc) is 3.10. The van der Waals surface area contributed by atoms with Crippen molar-refractivity contribution in [1.82, 2.24) is 14.8 Å². The molecule has 0 fully saturated rings. The number of rotatable bonds is 3. The van der Waals surface area contributed by atoms with E-state index >= 15 is 0 Å². The van der Waals surface area contributed by atoms with Crippen LogP contribution in [0.25, 0.3) is 0 Å². The molecule has 3 aromatic rings. The zero-order valence-electron chi connectivity index (χ0n) is 13.3. The minimum atomic E-state index is -0.185. The fourth-order valence-corrected chi connectivity index (χ4v) is 3.27. The summed E-state index contributed by atoms with van der Waals surface area (Å²) in [6, 6.07) is 17.8. The lowest BCUT2D eigenvalue weighted by Crippen LogP contribution is -2.46. The number of anilines is 1. The molecule has 1 aliphatic heterocycles. The lowest BCUT2D eigenvalue weighted by Gasteiger charge is -2.37. The highest BCUT2D eigenvalue weighted by atomic mass is 16.5. The highest BCUT2D eigenvalue weighted by molar-refractivity contribution is 5.41. The summed E-state index contributed by atoms with van der Waals surface area (Å²) in [5.41, 5.74) is 8.87. The summed E-state index contributed by atoms with van der Waals surface area (Å²) < 4.78 is 7.10. The molecule has 1 aliphatic rings. The molecule has 0 radical (unpaired) electrons. The Balaban J connectivity index is 1.77. The number of hydrogen-bond donors (Lipinski definition) is 2. The van der Waals surface area contributed by atoms with Crippen LogP contribution < -0.4 is 15.8 Å². The monoisotopic (exact) mass is 321 g/mol. The molecule has 1 aromatic heterocycles. The second-order valence-electron chi connectivity index (χ2n) is 5.86.